The first kappa shape index (κ1) is 37.6. The highest BCUT2D eigenvalue weighted by molar-refractivity contribution is 6.30. The highest BCUT2D eigenvalue weighted by atomic mass is 35.5. The molecule has 0 aromatic heterocycles. The van der Waals surface area contributed by atoms with E-state index >= 15 is 4.39 Å². The highest BCUT2D eigenvalue weighted by Crippen LogP contribution is 2.48. The SMILES string of the molecule is CCC(NC(C)=O)c1cc(Cl)ccc1C1CC2CCC(C1)N2C(=O)[C@@H]1CN(C(C)(C)C)C[C@H]1c1ccc(F)cc1F.O=C(O)C(F)(F)F. The number of halogens is 6. The van der Waals surface area contributed by atoms with Crippen molar-refractivity contribution in [1.29, 1.82) is 0 Å². The van der Waals surface area contributed by atoms with Crippen LogP contribution in [-0.2, 0) is 14.4 Å². The average Bonchev–Trinajstić information content (AvgIpc) is 3.54. The molecule has 0 spiro atoms. The number of nitrogens with one attached hydrogen (secondary N) is 1. The quantitative estimate of drug-likeness (QED) is 0.304. The predicted octanol–water partition coefficient (Wildman–Crippen LogP) is 7.59. The number of piperidine rings is 1. The largest absolute Gasteiger partial charge is 0.490 e. The molecular formula is C35H43ClF5N3O4. The van der Waals surface area contributed by atoms with Crippen molar-refractivity contribution in [2.75, 3.05) is 13.1 Å². The number of carboxylic acid groups (broad SMARTS) is 1. The van der Waals surface area contributed by atoms with Gasteiger partial charge in [0.25, 0.3) is 0 Å². The number of carbonyl (C=O) groups is 3. The molecule has 264 valence electrons. The Morgan fingerprint density at radius 1 is 0.979 bits per heavy atom. The number of carboxylic acids is 1. The van der Waals surface area contributed by atoms with Crippen LogP contribution in [0.5, 0.6) is 0 Å². The van der Waals surface area contributed by atoms with E-state index in [0.29, 0.717) is 23.7 Å². The van der Waals surface area contributed by atoms with Crippen LogP contribution >= 0.6 is 11.6 Å². The van der Waals surface area contributed by atoms with Crippen LogP contribution in [0.1, 0.15) is 101 Å². The van der Waals surface area contributed by atoms with E-state index in [4.69, 9.17) is 21.5 Å². The number of hydrogen-bond acceptors (Lipinski definition) is 4. The van der Waals surface area contributed by atoms with E-state index in [2.05, 4.69) is 48.9 Å². The van der Waals surface area contributed by atoms with E-state index in [0.717, 1.165) is 43.7 Å². The molecule has 13 heteroatoms. The van der Waals surface area contributed by atoms with Crippen LogP contribution in [0.4, 0.5) is 22.0 Å². The molecule has 48 heavy (non-hydrogen) atoms. The fraction of sp³-hybridized carbons (Fsp3) is 0.571. The van der Waals surface area contributed by atoms with E-state index in [-0.39, 0.29) is 53.2 Å². The number of nitrogens with zero attached hydrogens (tertiary/aromatic N) is 2. The number of benzene rings is 2. The molecule has 0 aliphatic carbocycles. The van der Waals surface area contributed by atoms with Crippen LogP contribution in [-0.4, -0.2) is 69.6 Å². The Kier molecular flexibility index (Phi) is 11.5. The second-order valence-corrected chi connectivity index (χ2v) is 14.4. The van der Waals surface area contributed by atoms with E-state index in [9.17, 15) is 27.2 Å². The first-order valence-electron chi connectivity index (χ1n) is 16.2. The van der Waals surface area contributed by atoms with Crippen molar-refractivity contribution >= 4 is 29.4 Å². The molecule has 5 rings (SSSR count). The number of hydrogen-bond donors (Lipinski definition) is 2. The molecule has 2 amide bonds. The normalized spacial score (nSPS) is 24.9. The topological polar surface area (TPSA) is 90.0 Å². The predicted molar refractivity (Wildman–Crippen MR) is 172 cm³/mol. The Balaban J connectivity index is 0.000000671. The third kappa shape index (κ3) is 8.48. The minimum absolute atomic E-state index is 0.0729. The molecule has 3 aliphatic heterocycles. The lowest BCUT2D eigenvalue weighted by Crippen LogP contribution is -2.50. The van der Waals surface area contributed by atoms with Crippen molar-refractivity contribution in [3.05, 3.63) is 69.7 Å². The van der Waals surface area contributed by atoms with Gasteiger partial charge in [-0.05, 0) is 93.7 Å². The van der Waals surface area contributed by atoms with Crippen molar-refractivity contribution in [2.24, 2.45) is 5.92 Å². The first-order chi connectivity index (χ1) is 22.3. The molecule has 3 saturated heterocycles. The van der Waals surface area contributed by atoms with Gasteiger partial charge in [-0.1, -0.05) is 30.7 Å². The lowest BCUT2D eigenvalue weighted by molar-refractivity contribution is -0.192. The van der Waals surface area contributed by atoms with Crippen molar-refractivity contribution in [2.45, 2.75) is 108 Å². The summed E-state index contributed by atoms with van der Waals surface area (Å²) in [5.41, 5.74) is 2.51. The lowest BCUT2D eigenvalue weighted by atomic mass is 9.80. The van der Waals surface area contributed by atoms with Gasteiger partial charge in [0.2, 0.25) is 11.8 Å². The van der Waals surface area contributed by atoms with Gasteiger partial charge in [-0.3, -0.25) is 14.5 Å². The second-order valence-electron chi connectivity index (χ2n) is 14.0. The van der Waals surface area contributed by atoms with Crippen molar-refractivity contribution in [3.8, 4) is 0 Å². The van der Waals surface area contributed by atoms with Gasteiger partial charge in [-0.25, -0.2) is 13.6 Å². The van der Waals surface area contributed by atoms with Crippen LogP contribution in [0.25, 0.3) is 0 Å². The molecule has 2 bridgehead atoms. The molecule has 2 aromatic rings. The van der Waals surface area contributed by atoms with Crippen LogP contribution in [0, 0.1) is 17.6 Å². The summed E-state index contributed by atoms with van der Waals surface area (Å²) in [4.78, 5) is 39.6. The smallest absolute Gasteiger partial charge is 0.475 e. The van der Waals surface area contributed by atoms with Crippen molar-refractivity contribution in [1.82, 2.24) is 15.1 Å². The molecule has 7 nitrogen and oxygen atoms in total. The molecular weight excluding hydrogens is 657 g/mol. The van der Waals surface area contributed by atoms with Crippen LogP contribution < -0.4 is 5.32 Å². The maximum Gasteiger partial charge on any atom is 0.490 e. The average molecular weight is 700 g/mol. The molecule has 3 heterocycles. The third-order valence-corrected chi connectivity index (χ3v) is 10.1. The van der Waals surface area contributed by atoms with Crippen LogP contribution in [0.15, 0.2) is 36.4 Å². The van der Waals surface area contributed by atoms with Gasteiger partial charge < -0.3 is 15.3 Å². The Morgan fingerprint density at radius 3 is 2.06 bits per heavy atom. The molecule has 2 N–H and O–H groups in total. The number of aliphatic carboxylic acids is 1. The molecule has 0 radical (unpaired) electrons. The maximum absolute atomic E-state index is 15.0. The van der Waals surface area contributed by atoms with Gasteiger partial charge in [0.1, 0.15) is 11.6 Å². The zero-order valence-corrected chi connectivity index (χ0v) is 28.5. The van der Waals surface area contributed by atoms with Gasteiger partial charge in [0, 0.05) is 54.6 Å². The van der Waals surface area contributed by atoms with E-state index in [1.165, 1.54) is 24.6 Å². The fourth-order valence-corrected chi connectivity index (χ4v) is 7.75. The van der Waals surface area contributed by atoms with Gasteiger partial charge in [0.05, 0.1) is 12.0 Å². The van der Waals surface area contributed by atoms with E-state index < -0.39 is 23.8 Å². The third-order valence-electron chi connectivity index (χ3n) is 9.83. The lowest BCUT2D eigenvalue weighted by Gasteiger charge is -2.42. The van der Waals surface area contributed by atoms with Gasteiger partial charge in [-0.2, -0.15) is 13.2 Å². The zero-order chi connectivity index (χ0) is 35.7. The minimum Gasteiger partial charge on any atom is -0.475 e. The summed E-state index contributed by atoms with van der Waals surface area (Å²) in [5, 5.41) is 10.8. The number of amides is 2. The Morgan fingerprint density at radius 2 is 1.56 bits per heavy atom. The Labute approximate surface area is 282 Å². The molecule has 0 saturated carbocycles. The van der Waals surface area contributed by atoms with Crippen molar-refractivity contribution < 1.29 is 41.4 Å². The van der Waals surface area contributed by atoms with Crippen LogP contribution in [0.3, 0.4) is 0 Å². The summed E-state index contributed by atoms with van der Waals surface area (Å²) >= 11 is 6.41. The minimum atomic E-state index is -5.08. The molecule has 3 unspecified atom stereocenters. The van der Waals surface area contributed by atoms with Gasteiger partial charge >= 0.3 is 12.1 Å². The number of rotatable bonds is 6. The molecule has 5 atom stereocenters. The number of likely N-dealkylation sites (tertiary alicyclic amines) is 1. The van der Waals surface area contributed by atoms with Crippen molar-refractivity contribution in [3.63, 3.8) is 0 Å². The summed E-state index contributed by atoms with van der Waals surface area (Å²) < 4.78 is 60.5. The number of alkyl halides is 3. The number of carbonyl (C=O) groups excluding carboxylic acids is 2. The summed E-state index contributed by atoms with van der Waals surface area (Å²) in [6.07, 6.45) is -0.740. The summed E-state index contributed by atoms with van der Waals surface area (Å²) in [5.74, 6) is -4.38. The molecule has 3 fully saturated rings. The first-order valence-corrected chi connectivity index (χ1v) is 16.6. The Hall–Kier alpha value is -3.25. The summed E-state index contributed by atoms with van der Waals surface area (Å²) in [6, 6.07) is 9.83. The van der Waals surface area contributed by atoms with E-state index in [1.807, 2.05) is 12.1 Å². The van der Waals surface area contributed by atoms with Gasteiger partial charge in [0.15, 0.2) is 0 Å². The maximum atomic E-state index is 15.0. The van der Waals surface area contributed by atoms with Crippen LogP contribution in [0.2, 0.25) is 5.02 Å². The van der Waals surface area contributed by atoms with Gasteiger partial charge in [-0.15, -0.1) is 0 Å². The monoisotopic (exact) mass is 699 g/mol. The zero-order valence-electron chi connectivity index (χ0n) is 27.7. The molecule has 3 aliphatic rings. The van der Waals surface area contributed by atoms with E-state index in [1.54, 1.807) is 0 Å². The summed E-state index contributed by atoms with van der Waals surface area (Å²) in [6.45, 7) is 11.0. The number of fused-ring (bicyclic) bond motifs is 2. The summed E-state index contributed by atoms with van der Waals surface area (Å²) in [7, 11) is 0. The molecule has 2 aromatic carbocycles. The highest BCUT2D eigenvalue weighted by Gasteiger charge is 2.50. The Bertz CT molecular complexity index is 1500. The second kappa shape index (κ2) is 14.7. The fourth-order valence-electron chi connectivity index (χ4n) is 7.57. The standard InChI is InChI=1S/C33H42ClF2N3O2.C2HF3O2/c1-6-31(37-19(2)40)27-15-21(34)7-11-25(27)20-13-23-9-10-24(14-20)39(23)32(41)29-18-38(33(3,4)5)17-28(29)26-12-8-22(35)16-30(26)36;3-2(4,5)1(6)7/h7-8,11-12,15-16,20,23-24,28-29,31H,6,9-10,13-14,17-18H2,1-5H3,(H,37,40);(H,6,7)/t20?,23?,24?,28-,29+,31?;/m0./s1.